The van der Waals surface area contributed by atoms with Crippen molar-refractivity contribution in [1.29, 1.82) is 0 Å². The van der Waals surface area contributed by atoms with Gasteiger partial charge in [0.05, 0.1) is 11.0 Å². The number of esters is 2. The molecule has 0 bridgehead atoms. The largest absolute Gasteiger partial charge is 0.462 e. The highest BCUT2D eigenvalue weighted by atomic mass is 16.6. The topological polar surface area (TPSA) is 94.2 Å². The molecule has 1 N–H and O–H groups in total. The van der Waals surface area contributed by atoms with Gasteiger partial charge in [0.2, 0.25) is 0 Å². The van der Waals surface area contributed by atoms with Gasteiger partial charge in [-0.1, -0.05) is 6.92 Å². The van der Waals surface area contributed by atoms with Crippen molar-refractivity contribution in [3.63, 3.8) is 0 Å². The molecular weight excluding hydrogens is 286 g/mol. The summed E-state index contributed by atoms with van der Waals surface area (Å²) in [6.45, 7) is 5.60. The summed E-state index contributed by atoms with van der Waals surface area (Å²) < 4.78 is 10.2. The maximum atomic E-state index is 11.9. The van der Waals surface area contributed by atoms with Crippen LogP contribution in [0, 0.1) is 5.41 Å². The molecule has 0 aliphatic carbocycles. The van der Waals surface area contributed by atoms with Gasteiger partial charge in [0.1, 0.15) is 24.2 Å². The highest BCUT2D eigenvalue weighted by Crippen LogP contribution is 2.21. The highest BCUT2D eigenvalue weighted by Gasteiger charge is 2.26. The molecule has 0 spiro atoms. The van der Waals surface area contributed by atoms with E-state index >= 15 is 0 Å². The summed E-state index contributed by atoms with van der Waals surface area (Å²) in [5.74, 6) is -0.786. The van der Waals surface area contributed by atoms with E-state index in [0.29, 0.717) is 23.0 Å². The summed E-state index contributed by atoms with van der Waals surface area (Å²) >= 11 is 0. The summed E-state index contributed by atoms with van der Waals surface area (Å²) in [5.41, 5.74) is 1.11. The molecule has 1 heterocycles. The molecule has 0 saturated heterocycles. The Balaban J connectivity index is 1.82. The van der Waals surface area contributed by atoms with Crippen LogP contribution in [-0.2, 0) is 14.3 Å². The number of ether oxygens (including phenoxy) is 2. The van der Waals surface area contributed by atoms with Crippen molar-refractivity contribution < 1.29 is 19.1 Å². The lowest BCUT2D eigenvalue weighted by Crippen LogP contribution is -2.27. The summed E-state index contributed by atoms with van der Waals surface area (Å²) in [7, 11) is 0. The summed E-state index contributed by atoms with van der Waals surface area (Å²) in [4.78, 5) is 23.6. The molecule has 0 amide bonds. The smallest absolute Gasteiger partial charge is 0.338 e. The van der Waals surface area contributed by atoms with E-state index in [1.807, 2.05) is 20.8 Å². The van der Waals surface area contributed by atoms with Crippen molar-refractivity contribution in [3.8, 4) is 0 Å². The van der Waals surface area contributed by atoms with Crippen LogP contribution in [0.2, 0.25) is 0 Å². The van der Waals surface area contributed by atoms with Crippen LogP contribution in [0.25, 0.3) is 11.0 Å². The van der Waals surface area contributed by atoms with Gasteiger partial charge in [-0.15, -0.1) is 0 Å². The summed E-state index contributed by atoms with van der Waals surface area (Å²) in [6, 6.07) is 4.88. The van der Waals surface area contributed by atoms with Crippen molar-refractivity contribution in [2.24, 2.45) is 5.41 Å². The predicted molar refractivity (Wildman–Crippen MR) is 79.2 cm³/mol. The number of aromatic amines is 1. The number of hydrogen-bond donors (Lipinski definition) is 1. The van der Waals surface area contributed by atoms with E-state index in [2.05, 4.69) is 15.4 Å². The Morgan fingerprint density at radius 1 is 1.14 bits per heavy atom. The van der Waals surface area contributed by atoms with Crippen molar-refractivity contribution in [2.45, 2.75) is 27.2 Å². The Labute approximate surface area is 128 Å². The number of carbonyl (C=O) groups is 2. The third-order valence-electron chi connectivity index (χ3n) is 3.54. The Bertz CT molecular complexity index is 678. The fraction of sp³-hybridized carbons (Fsp3) is 0.467. The SMILES string of the molecule is CCC(C)(C)C(=O)OCCOC(=O)c1ccc2n[nH]nc2c1. The minimum absolute atomic E-state index is 0.0151. The second-order valence-corrected chi connectivity index (χ2v) is 5.54. The molecule has 0 saturated carbocycles. The van der Waals surface area contributed by atoms with Gasteiger partial charge in [0, 0.05) is 0 Å². The van der Waals surface area contributed by atoms with Crippen LogP contribution in [0.3, 0.4) is 0 Å². The maximum absolute atomic E-state index is 11.9. The van der Waals surface area contributed by atoms with Gasteiger partial charge in [-0.25, -0.2) is 4.79 Å². The van der Waals surface area contributed by atoms with Crippen molar-refractivity contribution >= 4 is 23.0 Å². The molecule has 0 atom stereocenters. The van der Waals surface area contributed by atoms with Gasteiger partial charge in [-0.05, 0) is 38.5 Å². The van der Waals surface area contributed by atoms with Gasteiger partial charge < -0.3 is 9.47 Å². The zero-order valence-corrected chi connectivity index (χ0v) is 12.9. The van der Waals surface area contributed by atoms with Crippen molar-refractivity contribution in [3.05, 3.63) is 23.8 Å². The fourth-order valence-electron chi connectivity index (χ4n) is 1.66. The number of nitrogens with one attached hydrogen (secondary N) is 1. The van der Waals surface area contributed by atoms with Crippen LogP contribution in [-0.4, -0.2) is 40.6 Å². The van der Waals surface area contributed by atoms with Crippen LogP contribution < -0.4 is 0 Å². The third-order valence-corrected chi connectivity index (χ3v) is 3.54. The first-order valence-corrected chi connectivity index (χ1v) is 7.09. The molecule has 0 aliphatic heterocycles. The van der Waals surface area contributed by atoms with Gasteiger partial charge in [0.25, 0.3) is 0 Å². The fourth-order valence-corrected chi connectivity index (χ4v) is 1.66. The lowest BCUT2D eigenvalue weighted by atomic mass is 9.91. The Hall–Kier alpha value is -2.44. The van der Waals surface area contributed by atoms with E-state index in [1.54, 1.807) is 18.2 Å². The van der Waals surface area contributed by atoms with E-state index in [0.717, 1.165) is 0 Å². The van der Waals surface area contributed by atoms with Crippen molar-refractivity contribution in [2.75, 3.05) is 13.2 Å². The number of carbonyl (C=O) groups excluding carboxylic acids is 2. The van der Waals surface area contributed by atoms with Gasteiger partial charge in [-0.3, -0.25) is 4.79 Å². The highest BCUT2D eigenvalue weighted by molar-refractivity contribution is 5.93. The lowest BCUT2D eigenvalue weighted by Gasteiger charge is -2.20. The van der Waals surface area contributed by atoms with Crippen LogP contribution in [0.5, 0.6) is 0 Å². The van der Waals surface area contributed by atoms with Gasteiger partial charge in [-0.2, -0.15) is 15.4 Å². The predicted octanol–water partition coefficient (Wildman–Crippen LogP) is 2.09. The molecule has 0 radical (unpaired) electrons. The molecule has 2 aromatic rings. The van der Waals surface area contributed by atoms with E-state index < -0.39 is 11.4 Å². The molecule has 0 unspecified atom stereocenters. The average molecular weight is 305 g/mol. The molecule has 1 aromatic heterocycles. The maximum Gasteiger partial charge on any atom is 0.338 e. The average Bonchev–Trinajstić information content (AvgIpc) is 2.98. The normalized spacial score (nSPS) is 11.4. The minimum Gasteiger partial charge on any atom is -0.462 e. The molecule has 7 nitrogen and oxygen atoms in total. The van der Waals surface area contributed by atoms with Crippen LogP contribution in [0.15, 0.2) is 18.2 Å². The number of H-pyrrole nitrogens is 1. The zero-order valence-electron chi connectivity index (χ0n) is 12.9. The third kappa shape index (κ3) is 3.60. The van der Waals surface area contributed by atoms with Crippen LogP contribution in [0.1, 0.15) is 37.6 Å². The van der Waals surface area contributed by atoms with Crippen LogP contribution in [0.4, 0.5) is 0 Å². The lowest BCUT2D eigenvalue weighted by molar-refractivity contribution is -0.155. The van der Waals surface area contributed by atoms with Gasteiger partial charge in [0.15, 0.2) is 0 Å². The molecule has 1 aromatic carbocycles. The van der Waals surface area contributed by atoms with E-state index in [4.69, 9.17) is 9.47 Å². The Morgan fingerprint density at radius 2 is 1.82 bits per heavy atom. The second-order valence-electron chi connectivity index (χ2n) is 5.54. The molecule has 0 aliphatic rings. The quantitative estimate of drug-likeness (QED) is 0.648. The number of aromatic nitrogens is 3. The summed E-state index contributed by atoms with van der Waals surface area (Å²) in [6.07, 6.45) is 0.684. The summed E-state index contributed by atoms with van der Waals surface area (Å²) in [5, 5.41) is 10.3. The van der Waals surface area contributed by atoms with E-state index in [1.165, 1.54) is 0 Å². The number of rotatable bonds is 6. The number of fused-ring (bicyclic) bond motifs is 1. The molecule has 22 heavy (non-hydrogen) atoms. The van der Waals surface area contributed by atoms with Crippen molar-refractivity contribution in [1.82, 2.24) is 15.4 Å². The number of benzene rings is 1. The zero-order chi connectivity index (χ0) is 16.2. The van der Waals surface area contributed by atoms with E-state index in [9.17, 15) is 9.59 Å². The first-order valence-electron chi connectivity index (χ1n) is 7.09. The molecule has 118 valence electrons. The Morgan fingerprint density at radius 3 is 2.55 bits per heavy atom. The second kappa shape index (κ2) is 6.55. The number of nitrogens with zero attached hydrogens (tertiary/aromatic N) is 2. The molecule has 0 fully saturated rings. The molecule has 7 heteroatoms. The minimum atomic E-state index is -0.526. The Kier molecular flexibility index (Phi) is 4.75. The van der Waals surface area contributed by atoms with E-state index in [-0.39, 0.29) is 19.2 Å². The van der Waals surface area contributed by atoms with Gasteiger partial charge >= 0.3 is 11.9 Å². The molecular formula is C15H19N3O4. The first-order chi connectivity index (χ1) is 10.4. The number of hydrogen-bond acceptors (Lipinski definition) is 6. The monoisotopic (exact) mass is 305 g/mol. The van der Waals surface area contributed by atoms with Crippen LogP contribution >= 0.6 is 0 Å². The molecule has 2 rings (SSSR count). The standard InChI is InChI=1S/C15H19N3O4/c1-4-15(2,3)14(20)22-8-7-21-13(19)10-5-6-11-12(9-10)17-18-16-11/h5-6,9H,4,7-8H2,1-3H3,(H,16,17,18). The first kappa shape index (κ1) is 15.9.